The summed E-state index contributed by atoms with van der Waals surface area (Å²) in [4.78, 5) is 30.5. The van der Waals surface area contributed by atoms with Crippen LogP contribution in [0.4, 0.5) is 0 Å². The molecule has 0 aliphatic carbocycles. The molecule has 0 aliphatic heterocycles. The van der Waals surface area contributed by atoms with Crippen LogP contribution in [0.25, 0.3) is 28.0 Å². The van der Waals surface area contributed by atoms with Crippen molar-refractivity contribution in [2.75, 3.05) is 19.8 Å². The minimum Gasteiger partial charge on any atom is -0.494 e. The van der Waals surface area contributed by atoms with Crippen LogP contribution in [-0.2, 0) is 9.53 Å². The number of ether oxygens (including phenoxy) is 3. The fourth-order valence-electron chi connectivity index (χ4n) is 5.55. The number of carbonyl (C=O) groups is 1. The second kappa shape index (κ2) is 13.9. The Kier molecular flexibility index (Phi) is 9.70. The van der Waals surface area contributed by atoms with Gasteiger partial charge < -0.3 is 18.8 Å². The first-order valence-electron chi connectivity index (χ1n) is 15.5. The molecule has 0 aliphatic rings. The fourth-order valence-corrected chi connectivity index (χ4v) is 5.55. The molecule has 2 aromatic heterocycles. The van der Waals surface area contributed by atoms with Crippen LogP contribution in [-0.4, -0.2) is 46.2 Å². The lowest BCUT2D eigenvalue weighted by Gasteiger charge is -2.18. The molecular formula is C37H40N4O5. The monoisotopic (exact) mass is 620 g/mol. The maximum atomic E-state index is 13.9. The zero-order chi connectivity index (χ0) is 33.0. The van der Waals surface area contributed by atoms with E-state index in [1.54, 1.807) is 19.2 Å². The quantitative estimate of drug-likeness (QED) is 0.115. The van der Waals surface area contributed by atoms with Crippen molar-refractivity contribution in [2.24, 2.45) is 5.10 Å². The lowest BCUT2D eigenvalue weighted by molar-refractivity contribution is -0.145. The Bertz CT molecular complexity index is 1970. The lowest BCUT2D eigenvalue weighted by Crippen LogP contribution is -2.21. The van der Waals surface area contributed by atoms with Gasteiger partial charge in [-0.25, -0.2) is 9.78 Å². The summed E-state index contributed by atoms with van der Waals surface area (Å²) in [5, 5.41) is 5.26. The van der Waals surface area contributed by atoms with Gasteiger partial charge in [-0.2, -0.15) is 9.78 Å². The van der Waals surface area contributed by atoms with E-state index in [1.807, 2.05) is 82.3 Å². The molecule has 5 rings (SSSR count). The van der Waals surface area contributed by atoms with Gasteiger partial charge >= 0.3 is 5.97 Å². The summed E-state index contributed by atoms with van der Waals surface area (Å²) in [6.45, 7) is 14.7. The van der Waals surface area contributed by atoms with Crippen LogP contribution < -0.4 is 15.0 Å². The summed E-state index contributed by atoms with van der Waals surface area (Å²) in [5.41, 5.74) is 6.89. The molecule has 0 amide bonds. The number of aryl methyl sites for hydroxylation is 2. The van der Waals surface area contributed by atoms with Crippen molar-refractivity contribution in [3.8, 4) is 28.6 Å². The number of rotatable bonds is 11. The van der Waals surface area contributed by atoms with Crippen LogP contribution in [0.3, 0.4) is 0 Å². The predicted molar refractivity (Wildman–Crippen MR) is 182 cm³/mol. The number of nitrogens with zero attached hydrogens (tertiary/aromatic N) is 4. The molecule has 5 aromatic rings. The van der Waals surface area contributed by atoms with Crippen molar-refractivity contribution < 1.29 is 19.0 Å². The van der Waals surface area contributed by atoms with Gasteiger partial charge in [-0.3, -0.25) is 4.79 Å². The number of para-hydroxylation sites is 1. The summed E-state index contributed by atoms with van der Waals surface area (Å²) in [6.07, 6.45) is 1.71. The van der Waals surface area contributed by atoms with Crippen LogP contribution in [0.2, 0.25) is 0 Å². The first-order valence-corrected chi connectivity index (χ1v) is 15.5. The van der Waals surface area contributed by atoms with Crippen LogP contribution in [0.15, 0.2) is 76.6 Å². The van der Waals surface area contributed by atoms with E-state index in [0.717, 1.165) is 45.1 Å². The minimum atomic E-state index is -0.408. The maximum absolute atomic E-state index is 13.9. The Labute approximate surface area is 269 Å². The molecule has 9 heteroatoms. The molecule has 0 fully saturated rings. The Morgan fingerprint density at radius 2 is 1.70 bits per heavy atom. The van der Waals surface area contributed by atoms with E-state index in [0.29, 0.717) is 35.7 Å². The molecule has 3 aromatic carbocycles. The van der Waals surface area contributed by atoms with E-state index >= 15 is 0 Å². The average molecular weight is 621 g/mol. The van der Waals surface area contributed by atoms with Crippen molar-refractivity contribution in [1.29, 1.82) is 0 Å². The standard InChI is InChI=1S/C37H40N4O5/c1-8-44-34-18-24(5)32(20-31(34)23(3)4)36-39-33-13-11-10-12-30(33)37(43)41(36)38-21-27-19-25(6)40(26(27)7)28-14-16-29(17-15-28)46-22-35(42)45-9-2/h10-21,23H,8-9,22H2,1-7H3. The largest absolute Gasteiger partial charge is 0.494 e. The van der Waals surface area contributed by atoms with E-state index in [-0.39, 0.29) is 18.1 Å². The third-order valence-electron chi connectivity index (χ3n) is 7.81. The number of carbonyl (C=O) groups excluding carboxylic acids is 1. The van der Waals surface area contributed by atoms with E-state index < -0.39 is 5.97 Å². The third kappa shape index (κ3) is 6.59. The van der Waals surface area contributed by atoms with E-state index in [4.69, 9.17) is 24.3 Å². The first-order chi connectivity index (χ1) is 22.1. The van der Waals surface area contributed by atoms with Gasteiger partial charge in [0, 0.05) is 28.2 Å². The minimum absolute atomic E-state index is 0.144. The average Bonchev–Trinajstić information content (AvgIpc) is 3.32. The molecule has 0 radical (unpaired) electrons. The molecule has 0 atom stereocenters. The van der Waals surface area contributed by atoms with Crippen LogP contribution in [0.1, 0.15) is 61.7 Å². The molecule has 9 nitrogen and oxygen atoms in total. The predicted octanol–water partition coefficient (Wildman–Crippen LogP) is 7.13. The summed E-state index contributed by atoms with van der Waals surface area (Å²) in [7, 11) is 0. The highest BCUT2D eigenvalue weighted by Crippen LogP contribution is 2.34. The number of hydrogen-bond acceptors (Lipinski definition) is 7. The molecule has 0 bridgehead atoms. The van der Waals surface area contributed by atoms with Crippen molar-refractivity contribution >= 4 is 23.1 Å². The Hall–Kier alpha value is -5.18. The second-order valence-electron chi connectivity index (χ2n) is 11.4. The molecule has 0 unspecified atom stereocenters. The van der Waals surface area contributed by atoms with Crippen LogP contribution in [0.5, 0.6) is 11.5 Å². The molecule has 0 N–H and O–H groups in total. The van der Waals surface area contributed by atoms with Crippen molar-refractivity contribution in [1.82, 2.24) is 14.2 Å². The summed E-state index contributed by atoms with van der Waals surface area (Å²) >= 11 is 0. The number of fused-ring (bicyclic) bond motifs is 1. The molecule has 0 saturated heterocycles. The normalized spacial score (nSPS) is 11.5. The highest BCUT2D eigenvalue weighted by molar-refractivity contribution is 5.84. The highest BCUT2D eigenvalue weighted by Gasteiger charge is 2.19. The van der Waals surface area contributed by atoms with Gasteiger partial charge in [0.15, 0.2) is 12.4 Å². The van der Waals surface area contributed by atoms with E-state index in [1.165, 1.54) is 4.68 Å². The zero-order valence-corrected chi connectivity index (χ0v) is 27.5. The molecular weight excluding hydrogens is 580 g/mol. The highest BCUT2D eigenvalue weighted by atomic mass is 16.6. The summed E-state index contributed by atoms with van der Waals surface area (Å²) < 4.78 is 19.9. The Morgan fingerprint density at radius 3 is 2.39 bits per heavy atom. The molecule has 238 valence electrons. The van der Waals surface area contributed by atoms with Crippen molar-refractivity contribution in [3.05, 3.63) is 105 Å². The topological polar surface area (TPSA) is 96.9 Å². The van der Waals surface area contributed by atoms with Gasteiger partial charge in [0.2, 0.25) is 0 Å². The van der Waals surface area contributed by atoms with Gasteiger partial charge in [0.25, 0.3) is 5.56 Å². The SMILES string of the molecule is CCOC(=O)COc1ccc(-n2c(C)cc(C=Nn3c(-c4cc(C(C)C)c(OCC)cc4C)nc4ccccc4c3=O)c2C)cc1. The van der Waals surface area contributed by atoms with Gasteiger partial charge in [0.05, 0.1) is 30.3 Å². The van der Waals surface area contributed by atoms with Gasteiger partial charge in [-0.05, 0) is 106 Å². The number of hydrogen-bond donors (Lipinski definition) is 0. The molecule has 46 heavy (non-hydrogen) atoms. The zero-order valence-electron chi connectivity index (χ0n) is 27.5. The molecule has 0 saturated carbocycles. The number of benzene rings is 3. The first kappa shape index (κ1) is 32.2. The van der Waals surface area contributed by atoms with Crippen molar-refractivity contribution in [3.63, 3.8) is 0 Å². The lowest BCUT2D eigenvalue weighted by atomic mass is 9.96. The molecule has 0 spiro atoms. The fraction of sp³-hybridized carbons (Fsp3) is 0.297. The third-order valence-corrected chi connectivity index (χ3v) is 7.81. The van der Waals surface area contributed by atoms with Crippen molar-refractivity contribution in [2.45, 2.75) is 54.4 Å². The number of aromatic nitrogens is 3. The molecule has 2 heterocycles. The van der Waals surface area contributed by atoms with Gasteiger partial charge in [0.1, 0.15) is 11.5 Å². The smallest absolute Gasteiger partial charge is 0.344 e. The summed E-state index contributed by atoms with van der Waals surface area (Å²) in [5.74, 6) is 1.67. The van der Waals surface area contributed by atoms with Gasteiger partial charge in [-0.15, -0.1) is 0 Å². The number of esters is 1. The second-order valence-corrected chi connectivity index (χ2v) is 11.4. The Morgan fingerprint density at radius 1 is 0.957 bits per heavy atom. The van der Waals surface area contributed by atoms with E-state index in [2.05, 4.69) is 24.5 Å². The Balaban J connectivity index is 1.55. The van der Waals surface area contributed by atoms with Gasteiger partial charge in [-0.1, -0.05) is 26.0 Å². The van der Waals surface area contributed by atoms with Crippen LogP contribution >= 0.6 is 0 Å². The van der Waals surface area contributed by atoms with E-state index in [9.17, 15) is 9.59 Å². The summed E-state index contributed by atoms with van der Waals surface area (Å²) in [6, 6.07) is 20.9. The van der Waals surface area contributed by atoms with Crippen LogP contribution in [0, 0.1) is 20.8 Å². The maximum Gasteiger partial charge on any atom is 0.344 e.